The summed E-state index contributed by atoms with van der Waals surface area (Å²) < 4.78 is 5.98. The lowest BCUT2D eigenvalue weighted by Crippen LogP contribution is -2.51. The number of carbonyl (C=O) groups excluding carboxylic acids is 1. The van der Waals surface area contributed by atoms with Crippen molar-refractivity contribution in [3.63, 3.8) is 0 Å². The van der Waals surface area contributed by atoms with Gasteiger partial charge in [-0.05, 0) is 110 Å². The number of fused-ring (bicyclic) bond motifs is 5. The molecule has 10 atom stereocenters. The zero-order valence-electron chi connectivity index (χ0n) is 24.8. The fraction of sp³-hybridized carbons (Fsp3) is 0.853. The highest BCUT2D eigenvalue weighted by molar-refractivity contribution is 5.72. The summed E-state index contributed by atoms with van der Waals surface area (Å²) in [5.41, 5.74) is 2.43. The Morgan fingerprint density at radius 1 is 1.00 bits per heavy atom. The van der Waals surface area contributed by atoms with E-state index in [9.17, 15) is 4.79 Å². The van der Waals surface area contributed by atoms with Gasteiger partial charge >= 0.3 is 5.97 Å². The summed E-state index contributed by atoms with van der Waals surface area (Å²) in [5.74, 6) is 5.53. The summed E-state index contributed by atoms with van der Waals surface area (Å²) >= 11 is 0. The Morgan fingerprint density at radius 3 is 2.42 bits per heavy atom. The molecular weight excluding hydrogens is 440 g/mol. The topological polar surface area (TPSA) is 26.3 Å². The summed E-state index contributed by atoms with van der Waals surface area (Å²) in [6.07, 6.45) is 20.1. The smallest absolute Gasteiger partial charge is 0.308 e. The van der Waals surface area contributed by atoms with Crippen LogP contribution in [0.5, 0.6) is 0 Å². The first kappa shape index (κ1) is 28.0. The first-order valence-corrected chi connectivity index (χ1v) is 15.6. The van der Waals surface area contributed by atoms with Crippen molar-refractivity contribution >= 4 is 5.97 Å². The second-order valence-electron chi connectivity index (χ2n) is 14.2. The normalized spacial score (nSPS) is 40.7. The molecule has 0 bridgehead atoms. The second-order valence-corrected chi connectivity index (χ2v) is 14.2. The van der Waals surface area contributed by atoms with E-state index in [1.807, 2.05) is 6.92 Å². The van der Waals surface area contributed by atoms with E-state index in [0.717, 1.165) is 54.8 Å². The number of hydrogen-bond donors (Lipinski definition) is 0. The molecule has 10 unspecified atom stereocenters. The van der Waals surface area contributed by atoms with Gasteiger partial charge in [0.1, 0.15) is 6.10 Å². The van der Waals surface area contributed by atoms with Crippen LogP contribution in [0.25, 0.3) is 0 Å². The molecular formula is C34H56O2. The molecule has 0 aromatic heterocycles. The van der Waals surface area contributed by atoms with Crippen molar-refractivity contribution in [3.05, 3.63) is 23.8 Å². The van der Waals surface area contributed by atoms with E-state index in [4.69, 9.17) is 4.74 Å². The number of allylic oxidation sites excluding steroid dienone is 3. The molecule has 36 heavy (non-hydrogen) atoms. The zero-order chi connectivity index (χ0) is 26.3. The minimum absolute atomic E-state index is 0.00707. The van der Waals surface area contributed by atoms with E-state index in [1.54, 1.807) is 5.57 Å². The van der Waals surface area contributed by atoms with Crippen molar-refractivity contribution in [1.82, 2.24) is 0 Å². The summed E-state index contributed by atoms with van der Waals surface area (Å²) in [6.45, 7) is 18.9. The number of hydrogen-bond acceptors (Lipinski definition) is 2. The van der Waals surface area contributed by atoms with Crippen molar-refractivity contribution in [2.75, 3.05) is 0 Å². The lowest BCUT2D eigenvalue weighted by molar-refractivity contribution is -0.156. The van der Waals surface area contributed by atoms with Crippen LogP contribution in [0.15, 0.2) is 23.8 Å². The Bertz CT molecular complexity index is 838. The van der Waals surface area contributed by atoms with E-state index in [0.29, 0.717) is 16.7 Å². The van der Waals surface area contributed by atoms with Gasteiger partial charge in [0.25, 0.3) is 0 Å². The average Bonchev–Trinajstić information content (AvgIpc) is 3.21. The monoisotopic (exact) mass is 496 g/mol. The summed E-state index contributed by atoms with van der Waals surface area (Å²) in [6, 6.07) is 0. The first-order valence-electron chi connectivity index (χ1n) is 15.6. The SMILES string of the molecule is CCC(C)C(=O)OC1CCC2(C)C(=CCC3C2CCC2(C)C(C(C)/C=C/C(CC)C(C)C)CCC32)C1. The Hall–Kier alpha value is -1.05. The van der Waals surface area contributed by atoms with Crippen LogP contribution in [0, 0.1) is 58.2 Å². The van der Waals surface area contributed by atoms with E-state index in [2.05, 4.69) is 66.7 Å². The van der Waals surface area contributed by atoms with E-state index in [1.165, 1.54) is 44.9 Å². The van der Waals surface area contributed by atoms with Crippen LogP contribution in [0.1, 0.15) is 120 Å². The molecule has 0 radical (unpaired) electrons. The molecule has 0 heterocycles. The van der Waals surface area contributed by atoms with Gasteiger partial charge in [-0.3, -0.25) is 4.79 Å². The van der Waals surface area contributed by atoms with Crippen molar-refractivity contribution < 1.29 is 9.53 Å². The molecule has 3 fully saturated rings. The third-order valence-corrected chi connectivity index (χ3v) is 12.1. The molecule has 3 saturated carbocycles. The highest BCUT2D eigenvalue weighted by Crippen LogP contribution is 2.67. The van der Waals surface area contributed by atoms with Crippen LogP contribution >= 0.6 is 0 Å². The average molecular weight is 497 g/mol. The number of esters is 1. The fourth-order valence-electron chi connectivity index (χ4n) is 9.36. The van der Waals surface area contributed by atoms with E-state index >= 15 is 0 Å². The van der Waals surface area contributed by atoms with Crippen LogP contribution < -0.4 is 0 Å². The van der Waals surface area contributed by atoms with Crippen LogP contribution in [0.4, 0.5) is 0 Å². The van der Waals surface area contributed by atoms with Crippen LogP contribution in [-0.2, 0) is 9.53 Å². The van der Waals surface area contributed by atoms with Crippen molar-refractivity contribution in [1.29, 1.82) is 0 Å². The minimum atomic E-state index is 0.00707. The molecule has 0 spiro atoms. The maximum Gasteiger partial charge on any atom is 0.308 e. The molecule has 204 valence electrons. The Labute approximate surface area is 223 Å². The quantitative estimate of drug-likeness (QED) is 0.247. The molecule has 0 saturated heterocycles. The molecule has 2 heteroatoms. The van der Waals surface area contributed by atoms with Gasteiger partial charge in [-0.15, -0.1) is 0 Å². The number of ether oxygens (including phenoxy) is 1. The van der Waals surface area contributed by atoms with Gasteiger partial charge in [-0.2, -0.15) is 0 Å². The fourth-order valence-corrected chi connectivity index (χ4v) is 9.36. The minimum Gasteiger partial charge on any atom is -0.462 e. The summed E-state index contributed by atoms with van der Waals surface area (Å²) in [7, 11) is 0. The predicted octanol–water partition coefficient (Wildman–Crippen LogP) is 9.40. The third-order valence-electron chi connectivity index (χ3n) is 12.1. The Morgan fingerprint density at radius 2 is 1.75 bits per heavy atom. The van der Waals surface area contributed by atoms with Gasteiger partial charge < -0.3 is 4.74 Å². The van der Waals surface area contributed by atoms with Gasteiger partial charge in [0.15, 0.2) is 0 Å². The molecule has 0 N–H and O–H groups in total. The summed E-state index contributed by atoms with van der Waals surface area (Å²) in [5, 5.41) is 0. The lowest BCUT2D eigenvalue weighted by Gasteiger charge is -2.58. The van der Waals surface area contributed by atoms with E-state index < -0.39 is 0 Å². The molecule has 2 nitrogen and oxygen atoms in total. The lowest BCUT2D eigenvalue weighted by atomic mass is 9.47. The van der Waals surface area contributed by atoms with Crippen LogP contribution in [0.2, 0.25) is 0 Å². The van der Waals surface area contributed by atoms with Crippen molar-refractivity contribution in [2.24, 2.45) is 58.2 Å². The third kappa shape index (κ3) is 5.01. The second kappa shape index (κ2) is 11.0. The maximum atomic E-state index is 12.4. The van der Waals surface area contributed by atoms with E-state index in [-0.39, 0.29) is 18.0 Å². The van der Waals surface area contributed by atoms with Gasteiger partial charge in [0.2, 0.25) is 0 Å². The van der Waals surface area contributed by atoms with Crippen LogP contribution in [-0.4, -0.2) is 12.1 Å². The Kier molecular flexibility index (Phi) is 8.53. The first-order chi connectivity index (χ1) is 17.0. The van der Waals surface area contributed by atoms with Crippen molar-refractivity contribution in [2.45, 2.75) is 126 Å². The predicted molar refractivity (Wildman–Crippen MR) is 151 cm³/mol. The van der Waals surface area contributed by atoms with Gasteiger partial charge in [-0.25, -0.2) is 0 Å². The molecule has 0 amide bonds. The molecule has 0 aromatic rings. The number of carbonyl (C=O) groups is 1. The van der Waals surface area contributed by atoms with Gasteiger partial charge in [-0.1, -0.05) is 79.2 Å². The van der Waals surface area contributed by atoms with Gasteiger partial charge in [0.05, 0.1) is 5.92 Å². The highest BCUT2D eigenvalue weighted by atomic mass is 16.5. The highest BCUT2D eigenvalue weighted by Gasteiger charge is 2.59. The van der Waals surface area contributed by atoms with Gasteiger partial charge in [0, 0.05) is 6.42 Å². The molecule has 0 aliphatic heterocycles. The Balaban J connectivity index is 1.46. The standard InChI is InChI=1S/C34H56O2/c1-9-23(5)32(35)36-27-17-19-33(7)26(21-27)13-14-28-30-16-15-29(34(30,8)20-18-31(28)33)24(6)11-12-25(10-2)22(3)4/h11-13,22-25,27-31H,9-10,14-21H2,1-8H3/b12-11+. The molecule has 4 aliphatic rings. The number of rotatable bonds is 8. The largest absolute Gasteiger partial charge is 0.462 e. The molecule has 4 rings (SSSR count). The maximum absolute atomic E-state index is 12.4. The van der Waals surface area contributed by atoms with Crippen molar-refractivity contribution in [3.8, 4) is 0 Å². The van der Waals surface area contributed by atoms with Crippen LogP contribution in [0.3, 0.4) is 0 Å². The zero-order valence-corrected chi connectivity index (χ0v) is 24.8. The molecule has 0 aromatic carbocycles. The molecule has 4 aliphatic carbocycles. The summed E-state index contributed by atoms with van der Waals surface area (Å²) in [4.78, 5) is 12.4.